The first-order chi connectivity index (χ1) is 13.5. The van der Waals surface area contributed by atoms with Gasteiger partial charge in [-0.15, -0.1) is 0 Å². The lowest BCUT2D eigenvalue weighted by Crippen LogP contribution is -2.34. The maximum absolute atomic E-state index is 13.2. The van der Waals surface area contributed by atoms with E-state index in [1.165, 1.54) is 11.3 Å². The van der Waals surface area contributed by atoms with E-state index >= 15 is 0 Å². The van der Waals surface area contributed by atoms with Gasteiger partial charge in [-0.25, -0.2) is 0 Å². The van der Waals surface area contributed by atoms with Crippen molar-refractivity contribution in [2.24, 2.45) is 7.05 Å². The molecule has 1 aliphatic rings. The van der Waals surface area contributed by atoms with E-state index in [-0.39, 0.29) is 23.1 Å². The number of carbonyl (C=O) groups is 1. The van der Waals surface area contributed by atoms with Gasteiger partial charge in [-0.2, -0.15) is 0 Å². The van der Waals surface area contributed by atoms with Crippen molar-refractivity contribution in [2.45, 2.75) is 12.3 Å². The Morgan fingerprint density at radius 3 is 2.39 bits per heavy atom. The molecule has 1 aliphatic heterocycles. The number of aromatic nitrogens is 1. The van der Waals surface area contributed by atoms with E-state index in [1.807, 2.05) is 36.4 Å². The molecule has 4 rings (SSSR count). The van der Waals surface area contributed by atoms with Gasteiger partial charge in [0.25, 0.3) is 0 Å². The summed E-state index contributed by atoms with van der Waals surface area (Å²) in [7, 11) is 4.91. The zero-order valence-corrected chi connectivity index (χ0v) is 16.7. The number of hydrogen-bond acceptors (Lipinski definition) is 5. The van der Waals surface area contributed by atoms with E-state index in [9.17, 15) is 9.59 Å². The Kier molecular flexibility index (Phi) is 4.68. The zero-order chi connectivity index (χ0) is 19.8. The number of amides is 1. The second kappa shape index (κ2) is 7.16. The van der Waals surface area contributed by atoms with E-state index in [1.54, 1.807) is 42.9 Å². The minimum Gasteiger partial charge on any atom is -0.497 e. The quantitative estimate of drug-likeness (QED) is 0.675. The lowest BCUT2D eigenvalue weighted by Gasteiger charge is -2.32. The molecule has 28 heavy (non-hydrogen) atoms. The maximum Gasteiger partial charge on any atom is 0.308 e. The highest BCUT2D eigenvalue weighted by Crippen LogP contribution is 2.46. The number of hydrogen-bond donors (Lipinski definition) is 0. The predicted octanol–water partition coefficient (Wildman–Crippen LogP) is 3.66. The molecule has 1 amide bonds. The van der Waals surface area contributed by atoms with Crippen LogP contribution in [0.15, 0.2) is 53.3 Å². The molecule has 0 aliphatic carbocycles. The largest absolute Gasteiger partial charge is 0.497 e. The van der Waals surface area contributed by atoms with Crippen LogP contribution in [0.4, 0.5) is 11.5 Å². The van der Waals surface area contributed by atoms with Crippen molar-refractivity contribution >= 4 is 28.7 Å². The smallest absolute Gasteiger partial charge is 0.308 e. The highest BCUT2D eigenvalue weighted by Gasteiger charge is 2.38. The fourth-order valence-corrected chi connectivity index (χ4v) is 4.71. The minimum absolute atomic E-state index is 0.0676. The number of anilines is 2. The molecule has 0 saturated heterocycles. The molecule has 2 heterocycles. The Labute approximate surface area is 166 Å². The van der Waals surface area contributed by atoms with Crippen molar-refractivity contribution in [3.05, 3.63) is 68.6 Å². The van der Waals surface area contributed by atoms with Gasteiger partial charge in [0.05, 0.1) is 24.8 Å². The maximum atomic E-state index is 13.2. The van der Waals surface area contributed by atoms with Crippen molar-refractivity contribution in [1.29, 1.82) is 0 Å². The summed E-state index contributed by atoms with van der Waals surface area (Å²) in [5, 5.41) is 0. The van der Waals surface area contributed by atoms with Crippen molar-refractivity contribution in [2.75, 3.05) is 19.1 Å². The first kappa shape index (κ1) is 18.3. The van der Waals surface area contributed by atoms with Crippen LogP contribution >= 0.6 is 11.3 Å². The summed E-state index contributed by atoms with van der Waals surface area (Å²) in [5.41, 5.74) is 1.62. The number of nitrogens with zero attached hydrogens (tertiary/aromatic N) is 2. The summed E-state index contributed by atoms with van der Waals surface area (Å²) in [4.78, 5) is 28.1. The zero-order valence-electron chi connectivity index (χ0n) is 15.8. The molecule has 2 aromatic carbocycles. The number of fused-ring (bicyclic) bond motifs is 1. The van der Waals surface area contributed by atoms with E-state index in [0.717, 1.165) is 10.4 Å². The van der Waals surface area contributed by atoms with Crippen molar-refractivity contribution < 1.29 is 14.3 Å². The average Bonchev–Trinajstić information content (AvgIpc) is 3.02. The topological polar surface area (TPSA) is 60.8 Å². The average molecular weight is 396 g/mol. The summed E-state index contributed by atoms with van der Waals surface area (Å²) in [6.07, 6.45) is 0.263. The molecule has 0 spiro atoms. The predicted molar refractivity (Wildman–Crippen MR) is 109 cm³/mol. The van der Waals surface area contributed by atoms with Gasteiger partial charge < -0.3 is 9.47 Å². The molecule has 3 aromatic rings. The molecule has 0 fully saturated rings. The van der Waals surface area contributed by atoms with Crippen LogP contribution in [0.1, 0.15) is 22.8 Å². The second-order valence-electron chi connectivity index (χ2n) is 6.54. The monoisotopic (exact) mass is 396 g/mol. The van der Waals surface area contributed by atoms with Crippen LogP contribution in [0, 0.1) is 0 Å². The highest BCUT2D eigenvalue weighted by atomic mass is 32.1. The number of benzene rings is 2. The van der Waals surface area contributed by atoms with Crippen LogP contribution in [0.25, 0.3) is 0 Å². The van der Waals surface area contributed by atoms with Gasteiger partial charge in [-0.3, -0.25) is 19.1 Å². The molecule has 0 saturated carbocycles. The molecule has 0 radical (unpaired) electrons. The van der Waals surface area contributed by atoms with Crippen LogP contribution in [-0.2, 0) is 11.8 Å². The fraction of sp³-hybridized carbons (Fsp3) is 0.238. The molecule has 0 bridgehead atoms. The molecule has 144 valence electrons. The number of methoxy groups -OCH3 is 2. The number of rotatable bonds is 4. The van der Waals surface area contributed by atoms with Crippen LogP contribution in [0.3, 0.4) is 0 Å². The highest BCUT2D eigenvalue weighted by molar-refractivity contribution is 7.10. The first-order valence-electron chi connectivity index (χ1n) is 8.84. The summed E-state index contributed by atoms with van der Waals surface area (Å²) in [5.74, 6) is 1.76. The van der Waals surface area contributed by atoms with Crippen LogP contribution in [0.5, 0.6) is 11.5 Å². The Morgan fingerprint density at radius 1 is 1.00 bits per heavy atom. The van der Waals surface area contributed by atoms with E-state index in [2.05, 4.69) is 0 Å². The van der Waals surface area contributed by atoms with Gasteiger partial charge in [-0.05, 0) is 30.3 Å². The Morgan fingerprint density at radius 2 is 1.71 bits per heavy atom. The lowest BCUT2D eigenvalue weighted by molar-refractivity contribution is -0.118. The molecule has 1 aromatic heterocycles. The fourth-order valence-electron chi connectivity index (χ4n) is 3.63. The van der Waals surface area contributed by atoms with E-state index in [4.69, 9.17) is 9.47 Å². The third kappa shape index (κ3) is 2.88. The van der Waals surface area contributed by atoms with Gasteiger partial charge in [0.2, 0.25) is 5.91 Å². The van der Waals surface area contributed by atoms with Crippen LogP contribution in [-0.4, -0.2) is 24.7 Å². The molecular weight excluding hydrogens is 376 g/mol. The van der Waals surface area contributed by atoms with Gasteiger partial charge in [0.15, 0.2) is 0 Å². The van der Waals surface area contributed by atoms with Crippen molar-refractivity contribution in [3.63, 3.8) is 0 Å². The van der Waals surface area contributed by atoms with Crippen molar-refractivity contribution in [3.8, 4) is 11.5 Å². The van der Waals surface area contributed by atoms with Gasteiger partial charge >= 0.3 is 4.87 Å². The Balaban J connectivity index is 1.88. The number of para-hydroxylation sites is 1. The molecule has 7 heteroatoms. The van der Waals surface area contributed by atoms with Crippen molar-refractivity contribution in [1.82, 2.24) is 4.57 Å². The molecule has 6 nitrogen and oxygen atoms in total. The minimum atomic E-state index is -0.216. The third-order valence-corrected chi connectivity index (χ3v) is 6.15. The summed E-state index contributed by atoms with van der Waals surface area (Å²) in [6, 6.07) is 14.9. The van der Waals surface area contributed by atoms with E-state index in [0.29, 0.717) is 23.0 Å². The number of thiazole rings is 1. The number of carbonyl (C=O) groups excluding carboxylic acids is 1. The first-order valence-corrected chi connectivity index (χ1v) is 9.66. The molecule has 0 N–H and O–H groups in total. The third-order valence-electron chi connectivity index (χ3n) is 5.01. The molecule has 1 unspecified atom stereocenters. The van der Waals surface area contributed by atoms with Gasteiger partial charge in [0.1, 0.15) is 17.3 Å². The second-order valence-corrected chi connectivity index (χ2v) is 7.53. The number of ether oxygens (including phenoxy) is 2. The molecular formula is C21H20N2O4S. The Hall–Kier alpha value is -3.06. The van der Waals surface area contributed by atoms with Crippen LogP contribution < -0.4 is 19.2 Å². The Bertz CT molecular complexity index is 1080. The molecule has 1 atom stereocenters. The van der Waals surface area contributed by atoms with Gasteiger partial charge in [0, 0.05) is 24.9 Å². The lowest BCUT2D eigenvalue weighted by atomic mass is 9.89. The SMILES string of the molecule is COc1ccc(N2C(=O)CC(c3ccccc3OC)c3sc(=O)n(C)c32)cc1. The normalized spacial score (nSPS) is 16.0. The van der Waals surface area contributed by atoms with E-state index < -0.39 is 0 Å². The van der Waals surface area contributed by atoms with Crippen LogP contribution in [0.2, 0.25) is 0 Å². The summed E-state index contributed by atoms with van der Waals surface area (Å²) < 4.78 is 12.3. The standard InChI is InChI=1S/C21H20N2O4S/c1-22-20-19(28-21(22)25)16(15-6-4-5-7-17(15)27-3)12-18(24)23(20)13-8-10-14(26-2)11-9-13/h4-11,16H,12H2,1-3H3. The summed E-state index contributed by atoms with van der Waals surface area (Å²) in [6.45, 7) is 0. The summed E-state index contributed by atoms with van der Waals surface area (Å²) >= 11 is 1.18. The van der Waals surface area contributed by atoms with Gasteiger partial charge in [-0.1, -0.05) is 29.5 Å².